The van der Waals surface area contributed by atoms with Crippen LogP contribution in [0.3, 0.4) is 0 Å². The van der Waals surface area contributed by atoms with Crippen molar-refractivity contribution < 1.29 is 4.79 Å². The van der Waals surface area contributed by atoms with Crippen molar-refractivity contribution in [2.45, 2.75) is 64.2 Å². The number of rotatable bonds is 4. The van der Waals surface area contributed by atoms with Gasteiger partial charge in [0, 0.05) is 13.0 Å². The topological polar surface area (TPSA) is 29.1 Å². The predicted octanol–water partition coefficient (Wildman–Crippen LogP) is 3.57. The maximum atomic E-state index is 11.8. The van der Waals surface area contributed by atoms with E-state index in [0.717, 1.165) is 18.9 Å². The van der Waals surface area contributed by atoms with Gasteiger partial charge in [0.25, 0.3) is 0 Å². The Morgan fingerprint density at radius 1 is 1.18 bits per heavy atom. The third kappa shape index (κ3) is 4.53. The summed E-state index contributed by atoms with van der Waals surface area (Å²) < 4.78 is 0. The average Bonchev–Trinajstić information content (AvgIpc) is 2.39. The SMILES string of the molecule is O=C(CC1=CCCCC1)NCC1CCCCC1. The van der Waals surface area contributed by atoms with Crippen LogP contribution >= 0.6 is 0 Å². The first kappa shape index (κ1) is 12.7. The Hall–Kier alpha value is -0.790. The van der Waals surface area contributed by atoms with Crippen LogP contribution in [0.4, 0.5) is 0 Å². The van der Waals surface area contributed by atoms with Crippen molar-refractivity contribution in [3.8, 4) is 0 Å². The maximum Gasteiger partial charge on any atom is 0.224 e. The molecule has 2 aliphatic carbocycles. The van der Waals surface area contributed by atoms with Crippen LogP contribution in [0.5, 0.6) is 0 Å². The summed E-state index contributed by atoms with van der Waals surface area (Å²) in [6.07, 6.45) is 14.5. The molecule has 17 heavy (non-hydrogen) atoms. The molecule has 1 N–H and O–H groups in total. The molecule has 2 heteroatoms. The number of hydrogen-bond acceptors (Lipinski definition) is 1. The zero-order valence-corrected chi connectivity index (χ0v) is 10.8. The Morgan fingerprint density at radius 2 is 2.00 bits per heavy atom. The van der Waals surface area contributed by atoms with Gasteiger partial charge in [0.15, 0.2) is 0 Å². The van der Waals surface area contributed by atoms with Gasteiger partial charge >= 0.3 is 0 Å². The van der Waals surface area contributed by atoms with Gasteiger partial charge in [0.2, 0.25) is 5.91 Å². The molecule has 0 saturated heterocycles. The van der Waals surface area contributed by atoms with Gasteiger partial charge in [-0.05, 0) is 44.4 Å². The molecule has 0 aromatic rings. The highest BCUT2D eigenvalue weighted by molar-refractivity contribution is 5.78. The van der Waals surface area contributed by atoms with Crippen LogP contribution in [0.1, 0.15) is 64.2 Å². The van der Waals surface area contributed by atoms with Crippen molar-refractivity contribution in [1.29, 1.82) is 0 Å². The maximum absolute atomic E-state index is 11.8. The number of allylic oxidation sites excluding steroid dienone is 1. The van der Waals surface area contributed by atoms with E-state index >= 15 is 0 Å². The number of amides is 1. The Morgan fingerprint density at radius 3 is 2.71 bits per heavy atom. The molecule has 0 unspecified atom stereocenters. The van der Waals surface area contributed by atoms with Crippen molar-refractivity contribution in [3.05, 3.63) is 11.6 Å². The molecular weight excluding hydrogens is 210 g/mol. The molecule has 0 radical (unpaired) electrons. The van der Waals surface area contributed by atoms with Crippen molar-refractivity contribution in [3.63, 3.8) is 0 Å². The lowest BCUT2D eigenvalue weighted by Gasteiger charge is -2.22. The van der Waals surface area contributed by atoms with E-state index in [-0.39, 0.29) is 5.91 Å². The molecule has 96 valence electrons. The second kappa shape index (κ2) is 6.83. The molecule has 2 nitrogen and oxygen atoms in total. The number of carbonyl (C=O) groups excluding carboxylic acids is 1. The second-order valence-electron chi connectivity index (χ2n) is 5.59. The standard InChI is InChI=1S/C15H25NO/c17-15(11-13-7-3-1-4-8-13)16-12-14-9-5-2-6-10-14/h7,14H,1-6,8-12H2,(H,16,17). The van der Waals surface area contributed by atoms with Crippen molar-refractivity contribution in [2.24, 2.45) is 5.92 Å². The Bertz CT molecular complexity index is 277. The smallest absolute Gasteiger partial charge is 0.224 e. The van der Waals surface area contributed by atoms with E-state index in [9.17, 15) is 4.79 Å². The van der Waals surface area contributed by atoms with E-state index in [4.69, 9.17) is 0 Å². The summed E-state index contributed by atoms with van der Waals surface area (Å²) in [6, 6.07) is 0. The molecule has 0 spiro atoms. The molecule has 0 aromatic carbocycles. The van der Waals surface area contributed by atoms with Gasteiger partial charge in [-0.1, -0.05) is 30.9 Å². The van der Waals surface area contributed by atoms with Crippen LogP contribution in [-0.4, -0.2) is 12.5 Å². The lowest BCUT2D eigenvalue weighted by molar-refractivity contribution is -0.120. The molecule has 2 aliphatic rings. The summed E-state index contributed by atoms with van der Waals surface area (Å²) in [7, 11) is 0. The van der Waals surface area contributed by atoms with Crippen molar-refractivity contribution >= 4 is 5.91 Å². The molecule has 1 amide bonds. The fraction of sp³-hybridized carbons (Fsp3) is 0.800. The Kier molecular flexibility index (Phi) is 5.08. The third-order valence-electron chi connectivity index (χ3n) is 4.09. The van der Waals surface area contributed by atoms with Gasteiger partial charge in [-0.15, -0.1) is 0 Å². The van der Waals surface area contributed by atoms with Crippen LogP contribution in [0.15, 0.2) is 11.6 Å². The van der Waals surface area contributed by atoms with E-state index in [2.05, 4.69) is 11.4 Å². The van der Waals surface area contributed by atoms with E-state index in [1.54, 1.807) is 0 Å². The zero-order valence-electron chi connectivity index (χ0n) is 10.8. The first-order valence-electron chi connectivity index (χ1n) is 7.29. The lowest BCUT2D eigenvalue weighted by Crippen LogP contribution is -2.30. The highest BCUT2D eigenvalue weighted by Gasteiger charge is 2.15. The van der Waals surface area contributed by atoms with Crippen LogP contribution in [0.2, 0.25) is 0 Å². The molecule has 0 bridgehead atoms. The largest absolute Gasteiger partial charge is 0.356 e. The molecule has 2 rings (SSSR count). The van der Waals surface area contributed by atoms with Crippen molar-refractivity contribution in [1.82, 2.24) is 5.32 Å². The summed E-state index contributed by atoms with van der Waals surface area (Å²) in [5.41, 5.74) is 1.36. The lowest BCUT2D eigenvalue weighted by atomic mass is 9.89. The summed E-state index contributed by atoms with van der Waals surface area (Å²) >= 11 is 0. The summed E-state index contributed by atoms with van der Waals surface area (Å²) in [4.78, 5) is 11.8. The number of carbonyl (C=O) groups is 1. The zero-order chi connectivity index (χ0) is 11.9. The van der Waals surface area contributed by atoms with E-state index < -0.39 is 0 Å². The van der Waals surface area contributed by atoms with Crippen LogP contribution in [0.25, 0.3) is 0 Å². The normalized spacial score (nSPS) is 22.0. The second-order valence-corrected chi connectivity index (χ2v) is 5.59. The summed E-state index contributed by atoms with van der Waals surface area (Å²) in [5, 5.41) is 3.12. The molecule has 0 heterocycles. The molecule has 0 aliphatic heterocycles. The highest BCUT2D eigenvalue weighted by Crippen LogP contribution is 2.23. The predicted molar refractivity (Wildman–Crippen MR) is 70.8 cm³/mol. The minimum Gasteiger partial charge on any atom is -0.356 e. The van der Waals surface area contributed by atoms with Gasteiger partial charge in [-0.25, -0.2) is 0 Å². The van der Waals surface area contributed by atoms with E-state index in [1.165, 1.54) is 56.9 Å². The van der Waals surface area contributed by atoms with Gasteiger partial charge in [0.05, 0.1) is 0 Å². The van der Waals surface area contributed by atoms with Gasteiger partial charge in [-0.3, -0.25) is 4.79 Å². The number of hydrogen-bond donors (Lipinski definition) is 1. The minimum atomic E-state index is 0.240. The first-order valence-corrected chi connectivity index (χ1v) is 7.29. The van der Waals surface area contributed by atoms with Crippen LogP contribution in [0, 0.1) is 5.92 Å². The molecule has 0 aromatic heterocycles. The average molecular weight is 235 g/mol. The molecule has 1 fully saturated rings. The third-order valence-corrected chi connectivity index (χ3v) is 4.09. The van der Waals surface area contributed by atoms with Crippen LogP contribution < -0.4 is 5.32 Å². The van der Waals surface area contributed by atoms with Crippen LogP contribution in [-0.2, 0) is 4.79 Å². The first-order chi connectivity index (χ1) is 8.34. The van der Waals surface area contributed by atoms with Gasteiger partial charge in [0.1, 0.15) is 0 Å². The van der Waals surface area contributed by atoms with E-state index in [0.29, 0.717) is 6.42 Å². The fourth-order valence-corrected chi connectivity index (χ4v) is 2.98. The monoisotopic (exact) mass is 235 g/mol. The van der Waals surface area contributed by atoms with E-state index in [1.807, 2.05) is 0 Å². The Balaban J connectivity index is 1.64. The Labute approximate surface area is 105 Å². The summed E-state index contributed by atoms with van der Waals surface area (Å²) in [6.45, 7) is 0.909. The van der Waals surface area contributed by atoms with Crippen molar-refractivity contribution in [2.75, 3.05) is 6.54 Å². The number of nitrogens with one attached hydrogen (secondary N) is 1. The fourth-order valence-electron chi connectivity index (χ4n) is 2.98. The molecule has 0 atom stereocenters. The van der Waals surface area contributed by atoms with Gasteiger partial charge < -0.3 is 5.32 Å². The quantitative estimate of drug-likeness (QED) is 0.741. The molecular formula is C15H25NO. The minimum absolute atomic E-state index is 0.240. The molecule has 1 saturated carbocycles. The van der Waals surface area contributed by atoms with Gasteiger partial charge in [-0.2, -0.15) is 0 Å². The summed E-state index contributed by atoms with van der Waals surface area (Å²) in [5.74, 6) is 0.983. The highest BCUT2D eigenvalue weighted by atomic mass is 16.1.